The molecule has 6 heteroatoms. The third-order valence-corrected chi connectivity index (χ3v) is 14.9. The van der Waals surface area contributed by atoms with Gasteiger partial charge in [-0.1, -0.05) is 72.8 Å². The molecule has 6 aromatic carbocycles. The first-order valence-corrected chi connectivity index (χ1v) is 18.2. The monoisotopic (exact) mass is 870 g/mol. The van der Waals surface area contributed by atoms with Gasteiger partial charge < -0.3 is 0 Å². The Morgan fingerprint density at radius 1 is 0.262 bits per heavy atom. The molecule has 0 nitrogen and oxygen atoms in total. The van der Waals surface area contributed by atoms with Crippen molar-refractivity contribution in [2.24, 2.45) is 0 Å². The van der Waals surface area contributed by atoms with Gasteiger partial charge in [-0.05, 0) is 48.5 Å². The first kappa shape index (κ1) is 34.8. The summed E-state index contributed by atoms with van der Waals surface area (Å²) < 4.78 is 4.75. The molecular formula is C36H28CoPSe4. The van der Waals surface area contributed by atoms with E-state index in [0.29, 0.717) is 0 Å². The molecule has 210 valence electrons. The molecule has 6 aromatic rings. The van der Waals surface area contributed by atoms with E-state index in [1.165, 1.54) is 39.1 Å². The zero-order valence-corrected chi connectivity index (χ0v) is 31.4. The predicted octanol–water partition coefficient (Wildman–Crippen LogP) is 2.85. The van der Waals surface area contributed by atoms with Gasteiger partial charge >= 0.3 is 147 Å². The van der Waals surface area contributed by atoms with Gasteiger partial charge in [0.25, 0.3) is 0 Å². The fraction of sp³-hybridized carbons (Fsp3) is 0. The Hall–Kier alpha value is -1.67. The molecule has 0 aliphatic carbocycles. The Balaban J connectivity index is 0.000000233. The Morgan fingerprint density at radius 3 is 0.595 bits per heavy atom. The first-order valence-electron chi connectivity index (χ1n) is 13.0. The average Bonchev–Trinajstić information content (AvgIpc) is 3.03. The molecule has 0 atom stereocenters. The van der Waals surface area contributed by atoms with Gasteiger partial charge in [-0.3, -0.25) is 0 Å². The molecule has 0 fully saturated rings. The van der Waals surface area contributed by atoms with E-state index in [1.54, 1.807) is 0 Å². The van der Waals surface area contributed by atoms with E-state index < -0.39 is 7.26 Å². The van der Waals surface area contributed by atoms with Crippen molar-refractivity contribution in [3.8, 4) is 0 Å². The molecule has 0 unspecified atom stereocenters. The van der Waals surface area contributed by atoms with Crippen molar-refractivity contribution in [1.29, 1.82) is 0 Å². The second-order valence-corrected chi connectivity index (χ2v) is 16.0. The largest absolute Gasteiger partial charge is 0.144 e. The molecule has 0 aliphatic heterocycles. The number of rotatable bonds is 4. The van der Waals surface area contributed by atoms with Gasteiger partial charge in [0.15, 0.2) is 0 Å². The molecule has 42 heavy (non-hydrogen) atoms. The molecule has 0 N–H and O–H groups in total. The van der Waals surface area contributed by atoms with Gasteiger partial charge in [-0.2, -0.15) is 0 Å². The first-order chi connectivity index (χ1) is 20.0. The van der Waals surface area contributed by atoms with Crippen LogP contribution in [0.1, 0.15) is 0 Å². The second kappa shape index (κ2) is 18.2. The van der Waals surface area contributed by atoms with E-state index in [0.717, 1.165) is 0 Å². The minimum Gasteiger partial charge on any atom is -0.0620 e. The van der Waals surface area contributed by atoms with Gasteiger partial charge in [-0.25, -0.2) is 0 Å². The van der Waals surface area contributed by atoms with Crippen molar-refractivity contribution in [3.63, 3.8) is 0 Å². The summed E-state index contributed by atoms with van der Waals surface area (Å²) >= 11 is 11.8. The van der Waals surface area contributed by atoms with Crippen LogP contribution in [0.15, 0.2) is 170 Å². The van der Waals surface area contributed by atoms with Crippen LogP contribution in [0.4, 0.5) is 0 Å². The zero-order valence-electron chi connectivity index (χ0n) is 22.6. The molecule has 0 saturated heterocycles. The van der Waals surface area contributed by atoms with Gasteiger partial charge in [0.2, 0.25) is 0 Å². The van der Waals surface area contributed by atoms with Crippen LogP contribution in [-0.2, 0) is 16.8 Å². The van der Waals surface area contributed by atoms with E-state index in [1.807, 2.05) is 48.5 Å². The second-order valence-electron chi connectivity index (χ2n) is 8.91. The fourth-order valence-corrected chi connectivity index (χ4v) is 9.90. The van der Waals surface area contributed by atoms with Gasteiger partial charge in [-0.15, -0.1) is 0 Å². The standard InChI is InChI=1S/C24H20P.2C6H6Se2.Co/c1-5-13-21(14-6-1)25(22-15-7-2-8-16-22,23-17-9-3-10-18-23)24-19-11-4-12-20-24;2*7-5-3-1-2-4-6(5)8;/h1-20H;2*1-4,7-8H;/q+1;;;+3/p-4. The van der Waals surface area contributed by atoms with E-state index in [2.05, 4.69) is 185 Å². The zero-order chi connectivity index (χ0) is 28.9. The minimum atomic E-state index is -1.91. The van der Waals surface area contributed by atoms with Crippen LogP contribution < -0.4 is 39.1 Å². The van der Waals surface area contributed by atoms with E-state index in [9.17, 15) is 0 Å². The Kier molecular flexibility index (Phi) is 15.1. The van der Waals surface area contributed by atoms with E-state index in [4.69, 9.17) is 0 Å². The predicted molar refractivity (Wildman–Crippen MR) is 186 cm³/mol. The van der Waals surface area contributed by atoms with Crippen LogP contribution in [0.3, 0.4) is 0 Å². The molecule has 0 aliphatic rings. The topological polar surface area (TPSA) is 0 Å². The number of hydrogen-bond donors (Lipinski definition) is 0. The van der Waals surface area contributed by atoms with E-state index in [-0.39, 0.29) is 16.8 Å². The summed E-state index contributed by atoms with van der Waals surface area (Å²) in [7, 11) is -1.91. The van der Waals surface area contributed by atoms with Crippen molar-refractivity contribution in [3.05, 3.63) is 170 Å². The maximum absolute atomic E-state index is 2.94. The molecule has 0 aromatic heterocycles. The molecule has 0 radical (unpaired) electrons. The van der Waals surface area contributed by atoms with Crippen molar-refractivity contribution < 1.29 is 16.8 Å². The summed E-state index contributed by atoms with van der Waals surface area (Å²) in [6, 6.07) is 60.0. The van der Waals surface area contributed by atoms with Crippen molar-refractivity contribution in [1.82, 2.24) is 0 Å². The number of hydrogen-bond acceptors (Lipinski definition) is 0. The molecular weight excluding hydrogens is 838 g/mol. The van der Waals surface area contributed by atoms with Crippen LogP contribution >= 0.6 is 7.26 Å². The smallest absolute Gasteiger partial charge is 0.0620 e. The fourth-order valence-electron chi connectivity index (χ4n) is 4.40. The number of benzene rings is 6. The van der Waals surface area contributed by atoms with Crippen LogP contribution in [0.25, 0.3) is 0 Å². The third-order valence-electron chi connectivity index (χ3n) is 6.27. The van der Waals surface area contributed by atoms with Gasteiger partial charge in [0, 0.05) is 0 Å². The molecule has 6 rings (SSSR count). The summed E-state index contributed by atoms with van der Waals surface area (Å²) in [4.78, 5) is 0. The molecule has 0 spiro atoms. The summed E-state index contributed by atoms with van der Waals surface area (Å²) in [6.45, 7) is 0. The summed E-state index contributed by atoms with van der Waals surface area (Å²) in [5.74, 6) is 0. The average molecular weight is 866 g/mol. The molecule has 0 saturated carbocycles. The molecule has 0 heterocycles. The normalized spacial score (nSPS) is 10.1. The van der Waals surface area contributed by atoms with Crippen molar-refractivity contribution >= 4 is 110 Å². The maximum atomic E-state index is 2.94. The van der Waals surface area contributed by atoms with Crippen LogP contribution in [0, 0.1) is 0 Å². The maximum Gasteiger partial charge on any atom is 0.144 e. The van der Waals surface area contributed by atoms with Gasteiger partial charge in [0.1, 0.15) is 28.5 Å². The summed E-state index contributed by atoms with van der Waals surface area (Å²) in [5, 5.41) is 5.55. The van der Waals surface area contributed by atoms with Crippen molar-refractivity contribution in [2.75, 3.05) is 0 Å². The minimum absolute atomic E-state index is 0. The van der Waals surface area contributed by atoms with Crippen LogP contribution in [-0.4, -0.2) is 64.1 Å². The van der Waals surface area contributed by atoms with Crippen LogP contribution in [0.2, 0.25) is 0 Å². The Morgan fingerprint density at radius 2 is 0.429 bits per heavy atom. The Labute approximate surface area is 294 Å². The van der Waals surface area contributed by atoms with Crippen molar-refractivity contribution in [2.45, 2.75) is 0 Å². The quantitative estimate of drug-likeness (QED) is 0.189. The van der Waals surface area contributed by atoms with Gasteiger partial charge in [0.05, 0.1) is 0 Å². The summed E-state index contributed by atoms with van der Waals surface area (Å²) in [6.07, 6.45) is 0. The van der Waals surface area contributed by atoms with Crippen LogP contribution in [0.5, 0.6) is 0 Å². The van der Waals surface area contributed by atoms with E-state index >= 15 is 0 Å². The Bertz CT molecular complexity index is 1370. The SMILES string of the molecule is [Co+3].[Se-]c1ccccc1[Se-].[Se-]c1ccccc1[Se-].c1ccc([P+](c2ccccc2)(c2ccccc2)c2ccccc2)cc1. The molecule has 0 bridgehead atoms. The molecule has 0 amide bonds. The third kappa shape index (κ3) is 9.17. The summed E-state index contributed by atoms with van der Waals surface area (Å²) in [5.41, 5.74) is 0.